The van der Waals surface area contributed by atoms with Crippen LogP contribution in [0.2, 0.25) is 0 Å². The number of anilines is 2. The summed E-state index contributed by atoms with van der Waals surface area (Å²) in [5, 5.41) is 12.5. The maximum absolute atomic E-state index is 13.5. The van der Waals surface area contributed by atoms with E-state index in [0.717, 1.165) is 16.7 Å². The zero-order valence-electron chi connectivity index (χ0n) is 13.1. The van der Waals surface area contributed by atoms with Crippen LogP contribution in [0.3, 0.4) is 0 Å². The molecular weight excluding hydrogens is 311 g/mol. The largest absolute Gasteiger partial charge is 0.403 e. The number of hydrogen-bond acceptors (Lipinski definition) is 4. The van der Waals surface area contributed by atoms with Crippen LogP contribution in [-0.2, 0) is 0 Å². The monoisotopic (exact) mass is 326 g/mol. The van der Waals surface area contributed by atoms with Crippen molar-refractivity contribution in [2.24, 2.45) is 0 Å². The fourth-order valence-electron chi connectivity index (χ4n) is 2.16. The number of hydrogen-bond donors (Lipinski definition) is 2. The van der Waals surface area contributed by atoms with E-state index in [9.17, 15) is 9.18 Å². The molecule has 24 heavy (non-hydrogen) atoms. The molecule has 6 nitrogen and oxygen atoms in total. The van der Waals surface area contributed by atoms with E-state index in [0.29, 0.717) is 5.89 Å². The molecule has 0 atom stereocenters. The van der Waals surface area contributed by atoms with Crippen molar-refractivity contribution < 1.29 is 13.6 Å². The van der Waals surface area contributed by atoms with Gasteiger partial charge < -0.3 is 9.73 Å². The summed E-state index contributed by atoms with van der Waals surface area (Å²) in [6, 6.07) is 11.0. The van der Waals surface area contributed by atoms with Gasteiger partial charge in [-0.3, -0.25) is 5.32 Å². The Bertz CT molecular complexity index is 892. The Morgan fingerprint density at radius 2 is 1.88 bits per heavy atom. The van der Waals surface area contributed by atoms with Crippen molar-refractivity contribution in [3.05, 3.63) is 59.4 Å². The van der Waals surface area contributed by atoms with Crippen molar-refractivity contribution in [1.29, 1.82) is 0 Å². The first kappa shape index (κ1) is 15.7. The van der Waals surface area contributed by atoms with E-state index in [-0.39, 0.29) is 11.7 Å². The maximum atomic E-state index is 13.5. The molecule has 0 spiro atoms. The minimum Gasteiger partial charge on any atom is -0.403 e. The van der Waals surface area contributed by atoms with E-state index < -0.39 is 11.8 Å². The zero-order valence-corrected chi connectivity index (χ0v) is 13.1. The van der Waals surface area contributed by atoms with Crippen LogP contribution in [0.5, 0.6) is 0 Å². The molecule has 1 heterocycles. The van der Waals surface area contributed by atoms with Gasteiger partial charge in [0.25, 0.3) is 0 Å². The van der Waals surface area contributed by atoms with Gasteiger partial charge >= 0.3 is 12.0 Å². The maximum Gasteiger partial charge on any atom is 0.327 e. The number of carbonyl (C=O) groups excluding carboxylic acids is 1. The number of carbonyl (C=O) groups is 1. The molecule has 0 bridgehead atoms. The average Bonchev–Trinajstić information content (AvgIpc) is 3.00. The number of halogens is 1. The van der Waals surface area contributed by atoms with E-state index >= 15 is 0 Å². The fourth-order valence-corrected chi connectivity index (χ4v) is 2.16. The van der Waals surface area contributed by atoms with E-state index in [4.69, 9.17) is 4.42 Å². The molecular formula is C17H15FN4O2. The number of amides is 2. The van der Waals surface area contributed by atoms with Gasteiger partial charge in [0.1, 0.15) is 5.82 Å². The lowest BCUT2D eigenvalue weighted by atomic mass is 10.1. The van der Waals surface area contributed by atoms with Crippen molar-refractivity contribution >= 4 is 17.7 Å². The lowest BCUT2D eigenvalue weighted by Gasteiger charge is -2.05. The second kappa shape index (κ2) is 6.49. The lowest BCUT2D eigenvalue weighted by molar-refractivity contribution is 0.261. The summed E-state index contributed by atoms with van der Waals surface area (Å²) in [7, 11) is 0. The highest BCUT2D eigenvalue weighted by Gasteiger charge is 2.14. The molecule has 0 unspecified atom stereocenters. The number of nitrogens with zero attached hydrogens (tertiary/aromatic N) is 2. The van der Waals surface area contributed by atoms with Gasteiger partial charge in [0.05, 0.1) is 5.69 Å². The number of rotatable bonds is 3. The SMILES string of the molecule is Cc1ccc(C)c(-c2nnc(NC(=O)Nc3ccccc3F)o2)c1. The number of urea groups is 1. The van der Waals surface area contributed by atoms with Gasteiger partial charge in [-0.05, 0) is 37.6 Å². The predicted molar refractivity (Wildman–Crippen MR) is 88.2 cm³/mol. The molecule has 3 rings (SSSR count). The molecule has 122 valence electrons. The highest BCUT2D eigenvalue weighted by atomic mass is 19.1. The third kappa shape index (κ3) is 3.40. The van der Waals surface area contributed by atoms with Crippen LogP contribution in [0.25, 0.3) is 11.5 Å². The molecule has 3 aromatic rings. The molecule has 0 saturated carbocycles. The van der Waals surface area contributed by atoms with Gasteiger partial charge in [0.2, 0.25) is 5.89 Å². The van der Waals surface area contributed by atoms with Crippen LogP contribution in [-0.4, -0.2) is 16.2 Å². The molecule has 1 aromatic heterocycles. The first-order valence-electron chi connectivity index (χ1n) is 7.26. The summed E-state index contributed by atoms with van der Waals surface area (Å²) >= 11 is 0. The van der Waals surface area contributed by atoms with E-state index in [1.165, 1.54) is 18.2 Å². The Morgan fingerprint density at radius 1 is 1.08 bits per heavy atom. The second-order valence-electron chi connectivity index (χ2n) is 5.29. The van der Waals surface area contributed by atoms with Crippen LogP contribution >= 0.6 is 0 Å². The van der Waals surface area contributed by atoms with Crippen molar-refractivity contribution in [2.75, 3.05) is 10.6 Å². The molecule has 2 aromatic carbocycles. The molecule has 7 heteroatoms. The molecule has 0 aliphatic heterocycles. The van der Waals surface area contributed by atoms with Crippen LogP contribution in [0.15, 0.2) is 46.9 Å². The minimum atomic E-state index is -0.670. The molecule has 0 aliphatic carbocycles. The molecule has 0 aliphatic rings. The van der Waals surface area contributed by atoms with Gasteiger partial charge in [-0.25, -0.2) is 9.18 Å². The van der Waals surface area contributed by atoms with E-state index in [1.807, 2.05) is 32.0 Å². The van der Waals surface area contributed by atoms with Gasteiger partial charge in [-0.2, -0.15) is 0 Å². The van der Waals surface area contributed by atoms with Gasteiger partial charge in [-0.15, -0.1) is 5.10 Å². The Hall–Kier alpha value is -3.22. The summed E-state index contributed by atoms with van der Waals surface area (Å²) in [5.74, 6) is -0.230. The van der Waals surface area contributed by atoms with Crippen molar-refractivity contribution in [1.82, 2.24) is 10.2 Å². The predicted octanol–water partition coefficient (Wildman–Crippen LogP) is 4.14. The highest BCUT2D eigenvalue weighted by molar-refractivity contribution is 5.98. The second-order valence-corrected chi connectivity index (χ2v) is 5.29. The Balaban J connectivity index is 1.73. The molecule has 2 N–H and O–H groups in total. The number of nitrogens with one attached hydrogen (secondary N) is 2. The van der Waals surface area contributed by atoms with E-state index in [2.05, 4.69) is 20.8 Å². The summed E-state index contributed by atoms with van der Waals surface area (Å²) in [6.07, 6.45) is 0. The molecule has 0 saturated heterocycles. The summed E-state index contributed by atoms with van der Waals surface area (Å²) in [5.41, 5.74) is 2.89. The first-order chi connectivity index (χ1) is 11.5. The minimum absolute atomic E-state index is 0.0595. The zero-order chi connectivity index (χ0) is 17.1. The lowest BCUT2D eigenvalue weighted by Crippen LogP contribution is -2.20. The quantitative estimate of drug-likeness (QED) is 0.758. The smallest absolute Gasteiger partial charge is 0.327 e. The van der Waals surface area contributed by atoms with Crippen molar-refractivity contribution in [3.63, 3.8) is 0 Å². The normalized spacial score (nSPS) is 10.5. The summed E-state index contributed by atoms with van der Waals surface area (Å²) < 4.78 is 19.0. The fraction of sp³-hybridized carbons (Fsp3) is 0.118. The standard InChI is InChI=1S/C17H15FN4O2/c1-10-7-8-11(2)12(9-10)15-21-22-17(24-15)20-16(23)19-14-6-4-3-5-13(14)18/h3-9H,1-2H3,(H2,19,20,22,23). The van der Waals surface area contributed by atoms with Crippen LogP contribution in [0.4, 0.5) is 20.9 Å². The van der Waals surface area contributed by atoms with Crippen molar-refractivity contribution in [3.8, 4) is 11.5 Å². The Kier molecular flexibility index (Phi) is 4.24. The summed E-state index contributed by atoms with van der Waals surface area (Å²) in [4.78, 5) is 11.9. The number of aromatic nitrogens is 2. The first-order valence-corrected chi connectivity index (χ1v) is 7.26. The van der Waals surface area contributed by atoms with Gasteiger partial charge in [0.15, 0.2) is 0 Å². The summed E-state index contributed by atoms with van der Waals surface area (Å²) in [6.45, 7) is 3.89. The Labute approximate surface area is 137 Å². The van der Waals surface area contributed by atoms with E-state index in [1.54, 1.807) is 6.07 Å². The van der Waals surface area contributed by atoms with Gasteiger partial charge in [-0.1, -0.05) is 34.9 Å². The van der Waals surface area contributed by atoms with Crippen molar-refractivity contribution in [2.45, 2.75) is 13.8 Å². The highest BCUT2D eigenvalue weighted by Crippen LogP contribution is 2.24. The van der Waals surface area contributed by atoms with Crippen LogP contribution in [0, 0.1) is 19.7 Å². The molecule has 2 amide bonds. The average molecular weight is 326 g/mol. The topological polar surface area (TPSA) is 80.0 Å². The number of para-hydroxylation sites is 1. The third-order valence-corrected chi connectivity index (χ3v) is 3.39. The van der Waals surface area contributed by atoms with Crippen LogP contribution < -0.4 is 10.6 Å². The number of benzene rings is 2. The third-order valence-electron chi connectivity index (χ3n) is 3.39. The Morgan fingerprint density at radius 3 is 2.67 bits per heavy atom. The molecule has 0 fully saturated rings. The molecule has 0 radical (unpaired) electrons. The van der Waals surface area contributed by atoms with Crippen LogP contribution in [0.1, 0.15) is 11.1 Å². The number of aryl methyl sites for hydroxylation is 2. The van der Waals surface area contributed by atoms with Gasteiger partial charge in [0, 0.05) is 5.56 Å².